The maximum absolute atomic E-state index is 13.7. The highest BCUT2D eigenvalue weighted by atomic mass is 35.5. The summed E-state index contributed by atoms with van der Waals surface area (Å²) in [5.41, 5.74) is 4.75. The number of ether oxygens (including phenoxy) is 1. The standard InChI is InChI=1S/C33H36F2N6O2.2ClH/c1-4-28-36-22(2)30-33(42)40(27-14-15-29(43-3)37-32(27)41(28)30)17-5-16-38-18-20-39(21-19-38)31(23-6-10-25(34)11-7-23)24-8-12-26(35)13-9-24;;/h6-15,31H,4-5,16-21H2,1-3H3;2*1H. The predicted molar refractivity (Wildman–Crippen MR) is 161 cm³/mol. The second kappa shape index (κ2) is 14.7. The van der Waals surface area contributed by atoms with E-state index in [-0.39, 0.29) is 48.0 Å². The van der Waals surface area contributed by atoms with Crippen molar-refractivity contribution in [1.82, 2.24) is 18.9 Å². The largest absolute Gasteiger partial charge is 1.00 e. The Bertz CT molecular complexity index is 1760. The van der Waals surface area contributed by atoms with E-state index in [0.29, 0.717) is 35.7 Å². The number of pyridine rings is 1. The number of aryl methyl sites for hydroxylation is 3. The molecule has 0 saturated carbocycles. The summed E-state index contributed by atoms with van der Waals surface area (Å²) in [4.78, 5) is 26.0. The van der Waals surface area contributed by atoms with Gasteiger partial charge < -0.3 is 43.9 Å². The fraction of sp³-hybridized carbons (Fsp3) is 0.364. The van der Waals surface area contributed by atoms with Gasteiger partial charge in [-0.1, -0.05) is 6.92 Å². The average Bonchev–Trinajstić information content (AvgIpc) is 3.37. The van der Waals surface area contributed by atoms with Crippen molar-refractivity contribution in [3.05, 3.63) is 105 Å². The Labute approximate surface area is 273 Å². The first-order chi connectivity index (χ1) is 20.9. The van der Waals surface area contributed by atoms with Gasteiger partial charge in [0.15, 0.2) is 5.65 Å². The number of piperazine rings is 1. The molecule has 1 fully saturated rings. The van der Waals surface area contributed by atoms with Crippen LogP contribution in [0.15, 0.2) is 65.5 Å². The molecule has 12 heteroatoms. The van der Waals surface area contributed by atoms with Gasteiger partial charge in [0.25, 0.3) is 5.56 Å². The summed E-state index contributed by atoms with van der Waals surface area (Å²) in [6, 6.07) is 17.1. The van der Waals surface area contributed by atoms with Crippen molar-refractivity contribution < 1.29 is 48.1 Å². The number of benzene rings is 2. The minimum absolute atomic E-state index is 0. The summed E-state index contributed by atoms with van der Waals surface area (Å²) in [7, 11) is 1.59. The number of imidazole rings is 1. The van der Waals surface area contributed by atoms with Gasteiger partial charge in [0, 0.05) is 36.6 Å². The smallest absolute Gasteiger partial charge is 0.277 e. The van der Waals surface area contributed by atoms with Crippen molar-refractivity contribution >= 4 is 16.7 Å². The van der Waals surface area contributed by atoms with Crippen LogP contribution in [0.25, 0.3) is 16.7 Å². The molecule has 3 aromatic heterocycles. The van der Waals surface area contributed by atoms with Gasteiger partial charge in [0.2, 0.25) is 5.88 Å². The zero-order chi connectivity index (χ0) is 30.1. The van der Waals surface area contributed by atoms with Crippen molar-refractivity contribution in [2.24, 2.45) is 0 Å². The molecule has 0 amide bonds. The number of methoxy groups -OCH3 is 1. The van der Waals surface area contributed by atoms with Gasteiger partial charge in [-0.2, -0.15) is 4.98 Å². The molecule has 1 saturated heterocycles. The quantitative estimate of drug-likeness (QED) is 0.170. The SMILES string of the molecule is CCc1nc(C)c2c(=O)n(CCC[NH+]3CC[NH+](C(c4ccc(F)cc4)c4ccc(F)cc4)CC3)c3ccc(OC)nc3n12.[Cl-].[Cl-]. The molecule has 0 spiro atoms. The van der Waals surface area contributed by atoms with Crippen molar-refractivity contribution in [2.75, 3.05) is 39.8 Å². The summed E-state index contributed by atoms with van der Waals surface area (Å²) in [5, 5.41) is 0. The van der Waals surface area contributed by atoms with Gasteiger partial charge in [-0.15, -0.1) is 0 Å². The Morgan fingerprint density at radius 3 is 2.04 bits per heavy atom. The van der Waals surface area contributed by atoms with Crippen LogP contribution in [0.4, 0.5) is 8.78 Å². The van der Waals surface area contributed by atoms with Crippen LogP contribution in [0.3, 0.4) is 0 Å². The van der Waals surface area contributed by atoms with Crippen molar-refractivity contribution in [1.29, 1.82) is 0 Å². The topological polar surface area (TPSA) is 70.3 Å². The molecule has 1 aliphatic rings. The monoisotopic (exact) mass is 658 g/mol. The molecule has 0 bridgehead atoms. The Kier molecular flexibility index (Phi) is 11.2. The zero-order valence-corrected chi connectivity index (χ0v) is 27.1. The summed E-state index contributed by atoms with van der Waals surface area (Å²) in [5.74, 6) is 0.783. The molecule has 45 heavy (non-hydrogen) atoms. The van der Waals surface area contributed by atoms with Crippen LogP contribution in [-0.2, 0) is 13.0 Å². The molecule has 4 heterocycles. The van der Waals surface area contributed by atoms with Crippen LogP contribution < -0.4 is 44.9 Å². The molecular formula is C33H38Cl2F2N6O2. The highest BCUT2D eigenvalue weighted by Gasteiger charge is 2.32. The van der Waals surface area contributed by atoms with Crippen molar-refractivity contribution in [2.45, 2.75) is 39.3 Å². The highest BCUT2D eigenvalue weighted by molar-refractivity contribution is 5.77. The fourth-order valence-electron chi connectivity index (χ4n) is 6.60. The van der Waals surface area contributed by atoms with Crippen LogP contribution >= 0.6 is 0 Å². The van der Waals surface area contributed by atoms with E-state index in [1.54, 1.807) is 13.2 Å². The summed E-state index contributed by atoms with van der Waals surface area (Å²) >= 11 is 0. The number of hydrogen-bond acceptors (Lipinski definition) is 4. The first-order valence-corrected chi connectivity index (χ1v) is 15.0. The molecule has 0 radical (unpaired) electrons. The van der Waals surface area contributed by atoms with Gasteiger partial charge in [0.1, 0.15) is 55.2 Å². The van der Waals surface area contributed by atoms with Gasteiger partial charge in [-0.25, -0.2) is 13.8 Å². The van der Waals surface area contributed by atoms with Crippen LogP contribution in [0.2, 0.25) is 0 Å². The normalized spacial score (nSPS) is 16.5. The molecule has 0 unspecified atom stereocenters. The Morgan fingerprint density at radius 1 is 0.889 bits per heavy atom. The first kappa shape index (κ1) is 34.3. The number of quaternary nitrogens is 2. The molecule has 240 valence electrons. The van der Waals surface area contributed by atoms with Crippen molar-refractivity contribution in [3.8, 4) is 5.88 Å². The number of hydrogen-bond donors (Lipinski definition) is 2. The number of rotatable bonds is 9. The highest BCUT2D eigenvalue weighted by Crippen LogP contribution is 2.22. The number of fused-ring (bicyclic) bond motifs is 3. The van der Waals surface area contributed by atoms with Gasteiger partial charge in [-0.05, 0) is 61.5 Å². The third-order valence-corrected chi connectivity index (χ3v) is 8.75. The van der Waals surface area contributed by atoms with E-state index >= 15 is 0 Å². The number of nitrogens with zero attached hydrogens (tertiary/aromatic N) is 4. The molecule has 5 aromatic rings. The summed E-state index contributed by atoms with van der Waals surface area (Å²) < 4.78 is 36.5. The molecule has 6 rings (SSSR count). The molecule has 2 N–H and O–H groups in total. The second-order valence-corrected chi connectivity index (χ2v) is 11.4. The molecule has 1 aliphatic heterocycles. The van der Waals surface area contributed by atoms with Gasteiger partial charge in [0.05, 0.1) is 24.9 Å². The lowest BCUT2D eigenvalue weighted by Crippen LogP contribution is -3.28. The third-order valence-electron chi connectivity index (χ3n) is 8.75. The van der Waals surface area contributed by atoms with Crippen LogP contribution in [0.1, 0.15) is 42.0 Å². The summed E-state index contributed by atoms with van der Waals surface area (Å²) in [6.07, 6.45) is 1.53. The van der Waals surface area contributed by atoms with E-state index in [1.165, 1.54) is 34.1 Å². The predicted octanol–water partition coefficient (Wildman–Crippen LogP) is -3.83. The first-order valence-electron chi connectivity index (χ1n) is 15.0. The number of halogens is 4. The van der Waals surface area contributed by atoms with E-state index in [2.05, 4.69) is 4.98 Å². The molecule has 2 aromatic carbocycles. The minimum atomic E-state index is -0.263. The van der Waals surface area contributed by atoms with E-state index in [4.69, 9.17) is 9.72 Å². The van der Waals surface area contributed by atoms with E-state index < -0.39 is 0 Å². The fourth-order valence-corrected chi connectivity index (χ4v) is 6.60. The van der Waals surface area contributed by atoms with Gasteiger partial charge in [-0.3, -0.25) is 9.20 Å². The zero-order valence-electron chi connectivity index (χ0n) is 25.6. The second-order valence-electron chi connectivity index (χ2n) is 11.4. The third kappa shape index (κ3) is 6.84. The average molecular weight is 660 g/mol. The maximum atomic E-state index is 13.7. The minimum Gasteiger partial charge on any atom is -1.00 e. The molecular weight excluding hydrogens is 621 g/mol. The number of nitrogens with one attached hydrogen (secondary N) is 2. The Balaban J connectivity index is 0.00000230. The summed E-state index contributed by atoms with van der Waals surface area (Å²) in [6.45, 7) is 9.24. The number of aromatic nitrogens is 4. The van der Waals surface area contributed by atoms with Crippen LogP contribution in [0, 0.1) is 18.6 Å². The van der Waals surface area contributed by atoms with Crippen LogP contribution in [0.5, 0.6) is 5.88 Å². The van der Waals surface area contributed by atoms with E-state index in [1.807, 2.05) is 53.1 Å². The molecule has 0 atom stereocenters. The molecule has 0 aliphatic carbocycles. The van der Waals surface area contributed by atoms with E-state index in [0.717, 1.165) is 61.6 Å². The Morgan fingerprint density at radius 2 is 1.49 bits per heavy atom. The van der Waals surface area contributed by atoms with Gasteiger partial charge >= 0.3 is 0 Å². The van der Waals surface area contributed by atoms with Crippen LogP contribution in [-0.4, -0.2) is 58.8 Å². The lowest BCUT2D eigenvalue weighted by atomic mass is 9.96. The Hall–Kier alpha value is -3.57. The lowest BCUT2D eigenvalue weighted by Gasteiger charge is -2.35. The lowest BCUT2D eigenvalue weighted by molar-refractivity contribution is -1.02. The maximum Gasteiger partial charge on any atom is 0.277 e. The van der Waals surface area contributed by atoms with E-state index in [9.17, 15) is 13.6 Å². The van der Waals surface area contributed by atoms with Crippen molar-refractivity contribution in [3.63, 3.8) is 0 Å². The molecule has 8 nitrogen and oxygen atoms in total.